The fraction of sp³-hybridized carbons (Fsp3) is 0.381. The van der Waals surface area contributed by atoms with E-state index in [1.165, 1.54) is 0 Å². The summed E-state index contributed by atoms with van der Waals surface area (Å²) < 4.78 is 7.25. The highest BCUT2D eigenvalue weighted by Gasteiger charge is 2.32. The molecule has 0 saturated heterocycles. The quantitative estimate of drug-likeness (QED) is 0.443. The van der Waals surface area contributed by atoms with Gasteiger partial charge in [0.15, 0.2) is 0 Å². The first-order chi connectivity index (χ1) is 12.1. The first kappa shape index (κ1) is 20.2. The van der Waals surface area contributed by atoms with Gasteiger partial charge >= 0.3 is 5.97 Å². The molecular weight excluding hydrogens is 344 g/mol. The fourth-order valence-corrected chi connectivity index (χ4v) is 3.15. The number of carbonyl (C=O) groups excluding carboxylic acids is 1. The van der Waals surface area contributed by atoms with Crippen molar-refractivity contribution in [2.75, 3.05) is 10.0 Å². The lowest BCUT2D eigenvalue weighted by Crippen LogP contribution is -2.43. The van der Waals surface area contributed by atoms with Crippen molar-refractivity contribution >= 4 is 30.2 Å². The minimum Gasteiger partial charge on any atom is -0.458 e. The summed E-state index contributed by atoms with van der Waals surface area (Å²) in [6.07, 6.45) is 0. The highest BCUT2D eigenvalue weighted by atomic mass is 32.1. The Morgan fingerprint density at radius 1 is 1.00 bits per heavy atom. The molecule has 4 nitrogen and oxygen atoms in total. The van der Waals surface area contributed by atoms with E-state index in [1.807, 2.05) is 83.1 Å². The standard InChI is InChI=1S/C21H28N2O2S/c1-14(2)19(20(24)25-21(3,4)5)23(26)18-12-8-16(9-13-18)15-6-10-17(22)11-7-15/h6-14,19,26H,22H2,1-5H3. The molecular formula is C21H28N2O2S. The van der Waals surface area contributed by atoms with Gasteiger partial charge < -0.3 is 14.8 Å². The largest absolute Gasteiger partial charge is 0.458 e. The van der Waals surface area contributed by atoms with Crippen LogP contribution in [-0.4, -0.2) is 17.6 Å². The Kier molecular flexibility index (Phi) is 6.24. The average molecular weight is 373 g/mol. The molecule has 1 unspecified atom stereocenters. The average Bonchev–Trinajstić information content (AvgIpc) is 2.53. The van der Waals surface area contributed by atoms with E-state index in [1.54, 1.807) is 4.31 Å². The molecule has 0 heterocycles. The van der Waals surface area contributed by atoms with Gasteiger partial charge in [-0.1, -0.05) is 50.9 Å². The number of hydrogen-bond donors (Lipinski definition) is 2. The third-order valence-corrected chi connectivity index (χ3v) is 4.40. The summed E-state index contributed by atoms with van der Waals surface area (Å²) in [5, 5.41) is 0. The van der Waals surface area contributed by atoms with Crippen LogP contribution in [-0.2, 0) is 9.53 Å². The van der Waals surface area contributed by atoms with Crippen LogP contribution in [0.2, 0.25) is 0 Å². The second-order valence-corrected chi connectivity index (χ2v) is 8.17. The fourth-order valence-electron chi connectivity index (χ4n) is 2.66. The maximum Gasteiger partial charge on any atom is 0.330 e. The Morgan fingerprint density at radius 3 is 1.88 bits per heavy atom. The van der Waals surface area contributed by atoms with Crippen molar-refractivity contribution in [2.45, 2.75) is 46.3 Å². The Hall–Kier alpha value is -2.14. The number of ether oxygens (including phenoxy) is 1. The molecule has 140 valence electrons. The van der Waals surface area contributed by atoms with E-state index in [2.05, 4.69) is 12.8 Å². The molecule has 2 aromatic rings. The number of thiol groups is 1. The molecule has 0 fully saturated rings. The van der Waals surface area contributed by atoms with Gasteiger partial charge in [-0.05, 0) is 62.1 Å². The monoisotopic (exact) mass is 372 g/mol. The van der Waals surface area contributed by atoms with Gasteiger partial charge in [-0.25, -0.2) is 4.79 Å². The van der Waals surface area contributed by atoms with Gasteiger partial charge in [-0.3, -0.25) is 0 Å². The van der Waals surface area contributed by atoms with Gasteiger partial charge in [0.05, 0.1) is 0 Å². The van der Waals surface area contributed by atoms with Gasteiger partial charge in [0.25, 0.3) is 0 Å². The summed E-state index contributed by atoms with van der Waals surface area (Å²) in [4.78, 5) is 12.6. The second-order valence-electron chi connectivity index (χ2n) is 7.74. The summed E-state index contributed by atoms with van der Waals surface area (Å²) in [5.41, 5.74) is 8.96. The summed E-state index contributed by atoms with van der Waals surface area (Å²) in [5.74, 6) is -0.218. The van der Waals surface area contributed by atoms with Crippen LogP contribution < -0.4 is 10.0 Å². The normalized spacial score (nSPS) is 12.7. The second kappa shape index (κ2) is 8.04. The lowest BCUT2D eigenvalue weighted by Gasteiger charge is -2.32. The van der Waals surface area contributed by atoms with E-state index < -0.39 is 11.6 Å². The third-order valence-electron chi connectivity index (χ3n) is 3.92. The summed E-state index contributed by atoms with van der Waals surface area (Å²) in [6, 6.07) is 15.2. The number of rotatable bonds is 5. The maximum atomic E-state index is 12.6. The number of nitrogens with zero attached hydrogens (tertiary/aromatic N) is 1. The highest BCUT2D eigenvalue weighted by Crippen LogP contribution is 2.28. The summed E-state index contributed by atoms with van der Waals surface area (Å²) in [6.45, 7) is 9.58. The zero-order chi connectivity index (χ0) is 19.5. The van der Waals surface area contributed by atoms with Gasteiger partial charge in [-0.15, -0.1) is 0 Å². The minimum absolute atomic E-state index is 0.0547. The van der Waals surface area contributed by atoms with Crippen molar-refractivity contribution in [1.82, 2.24) is 0 Å². The predicted molar refractivity (Wildman–Crippen MR) is 112 cm³/mol. The van der Waals surface area contributed by atoms with Crippen LogP contribution >= 0.6 is 12.8 Å². The molecule has 2 N–H and O–H groups in total. The molecule has 0 aliphatic carbocycles. The summed E-state index contributed by atoms with van der Waals surface area (Å²) in [7, 11) is 0. The van der Waals surface area contributed by atoms with Gasteiger partial charge in [-0.2, -0.15) is 0 Å². The number of carbonyl (C=O) groups is 1. The molecule has 2 rings (SSSR count). The van der Waals surface area contributed by atoms with Crippen molar-refractivity contribution in [3.8, 4) is 11.1 Å². The number of hydrogen-bond acceptors (Lipinski definition) is 5. The van der Waals surface area contributed by atoms with Gasteiger partial charge in [0.2, 0.25) is 0 Å². The molecule has 26 heavy (non-hydrogen) atoms. The molecule has 0 aliphatic rings. The van der Waals surface area contributed by atoms with Crippen LogP contribution in [0.1, 0.15) is 34.6 Å². The van der Waals surface area contributed by atoms with Crippen molar-refractivity contribution in [3.63, 3.8) is 0 Å². The van der Waals surface area contributed by atoms with Gasteiger partial charge in [0.1, 0.15) is 11.6 Å². The molecule has 0 aromatic heterocycles. The topological polar surface area (TPSA) is 55.6 Å². The SMILES string of the molecule is CC(C)C(C(=O)OC(C)(C)C)N(S)c1ccc(-c2ccc(N)cc2)cc1. The molecule has 0 aliphatic heterocycles. The van der Waals surface area contributed by atoms with Crippen LogP contribution in [0.5, 0.6) is 0 Å². The molecule has 0 bridgehead atoms. The van der Waals surface area contributed by atoms with Crippen molar-refractivity contribution < 1.29 is 9.53 Å². The molecule has 2 aromatic carbocycles. The lowest BCUT2D eigenvalue weighted by molar-refractivity contribution is -0.157. The van der Waals surface area contributed by atoms with E-state index >= 15 is 0 Å². The number of esters is 1. The highest BCUT2D eigenvalue weighted by molar-refractivity contribution is 7.81. The van der Waals surface area contributed by atoms with Crippen LogP contribution in [0.3, 0.4) is 0 Å². The molecule has 0 radical (unpaired) electrons. The van der Waals surface area contributed by atoms with Crippen LogP contribution in [0.15, 0.2) is 48.5 Å². The van der Waals surface area contributed by atoms with Crippen molar-refractivity contribution in [3.05, 3.63) is 48.5 Å². The minimum atomic E-state index is -0.530. The van der Waals surface area contributed by atoms with E-state index in [0.29, 0.717) is 0 Å². The van der Waals surface area contributed by atoms with E-state index in [0.717, 1.165) is 22.5 Å². The Labute approximate surface area is 161 Å². The first-order valence-corrected chi connectivity index (χ1v) is 9.15. The molecule has 1 atom stereocenters. The molecule has 5 heteroatoms. The first-order valence-electron chi connectivity index (χ1n) is 8.75. The van der Waals surface area contributed by atoms with Gasteiger partial charge in [0, 0.05) is 11.4 Å². The maximum absolute atomic E-state index is 12.6. The number of benzene rings is 2. The van der Waals surface area contributed by atoms with E-state index in [4.69, 9.17) is 10.5 Å². The number of nitrogens with two attached hydrogens (primary N) is 1. The van der Waals surface area contributed by atoms with Crippen LogP contribution in [0.4, 0.5) is 11.4 Å². The van der Waals surface area contributed by atoms with Crippen molar-refractivity contribution in [1.29, 1.82) is 0 Å². The number of nitrogen functional groups attached to an aromatic ring is 1. The van der Waals surface area contributed by atoms with E-state index in [-0.39, 0.29) is 11.9 Å². The Bertz CT molecular complexity index is 734. The Morgan fingerprint density at radius 2 is 1.46 bits per heavy atom. The summed E-state index contributed by atoms with van der Waals surface area (Å²) >= 11 is 4.59. The lowest BCUT2D eigenvalue weighted by atomic mass is 10.0. The van der Waals surface area contributed by atoms with E-state index in [9.17, 15) is 4.79 Å². The third kappa shape index (κ3) is 5.18. The van der Waals surface area contributed by atoms with Crippen molar-refractivity contribution in [2.24, 2.45) is 5.92 Å². The molecule has 0 saturated carbocycles. The van der Waals surface area contributed by atoms with Crippen LogP contribution in [0, 0.1) is 5.92 Å². The molecule has 0 spiro atoms. The smallest absolute Gasteiger partial charge is 0.330 e. The molecule has 0 amide bonds. The van der Waals surface area contributed by atoms with Crippen LogP contribution in [0.25, 0.3) is 11.1 Å². The number of anilines is 2. The Balaban J connectivity index is 2.22. The zero-order valence-electron chi connectivity index (χ0n) is 16.1. The predicted octanol–water partition coefficient (Wildman–Crippen LogP) is 4.95. The zero-order valence-corrected chi connectivity index (χ0v) is 17.0.